The zero-order valence-corrected chi connectivity index (χ0v) is 15.5. The van der Waals surface area contributed by atoms with Gasteiger partial charge in [0.1, 0.15) is 5.82 Å². The number of halogens is 2. The molecule has 1 aliphatic rings. The topological polar surface area (TPSA) is 27.3 Å². The molecule has 0 atom stereocenters. The number of hydrogen-bond acceptors (Lipinski definition) is 2. The van der Waals surface area contributed by atoms with Crippen LogP contribution in [0.25, 0.3) is 0 Å². The van der Waals surface area contributed by atoms with Crippen molar-refractivity contribution in [2.75, 3.05) is 23.3 Å². The van der Waals surface area contributed by atoms with Crippen LogP contribution in [0.15, 0.2) is 42.5 Å². The second kappa shape index (κ2) is 8.50. The fourth-order valence-corrected chi connectivity index (χ4v) is 3.28. The lowest BCUT2D eigenvalue weighted by Gasteiger charge is -2.28. The van der Waals surface area contributed by atoms with Gasteiger partial charge in [-0.1, -0.05) is 23.7 Å². The van der Waals surface area contributed by atoms with Crippen molar-refractivity contribution in [3.63, 3.8) is 0 Å². The maximum atomic E-state index is 13.2. The number of anilines is 2. The van der Waals surface area contributed by atoms with Crippen LogP contribution in [0.5, 0.6) is 0 Å². The van der Waals surface area contributed by atoms with Crippen molar-refractivity contribution >= 4 is 40.3 Å². The molecule has 1 aliphatic heterocycles. The van der Waals surface area contributed by atoms with Crippen molar-refractivity contribution in [3.8, 4) is 0 Å². The van der Waals surface area contributed by atoms with Gasteiger partial charge in [0, 0.05) is 31.0 Å². The van der Waals surface area contributed by atoms with E-state index in [1.54, 1.807) is 6.07 Å². The Balaban J connectivity index is 1.50. The predicted molar refractivity (Wildman–Crippen MR) is 107 cm³/mol. The summed E-state index contributed by atoms with van der Waals surface area (Å²) >= 11 is 11.0. The van der Waals surface area contributed by atoms with E-state index in [1.807, 2.05) is 0 Å². The van der Waals surface area contributed by atoms with E-state index in [0.29, 0.717) is 17.3 Å². The number of nitrogens with zero attached hydrogens (tertiary/aromatic N) is 1. The normalized spacial score (nSPS) is 14.2. The summed E-state index contributed by atoms with van der Waals surface area (Å²) < 4.78 is 13.2. The molecule has 2 aromatic carbocycles. The van der Waals surface area contributed by atoms with Gasteiger partial charge in [0.2, 0.25) is 0 Å². The Morgan fingerprint density at radius 3 is 2.48 bits per heavy atom. The summed E-state index contributed by atoms with van der Waals surface area (Å²) in [6.45, 7) is 2.92. The molecule has 1 fully saturated rings. The van der Waals surface area contributed by atoms with E-state index in [-0.39, 0.29) is 5.02 Å². The Morgan fingerprint density at radius 1 is 1.08 bits per heavy atom. The smallest absolute Gasteiger partial charge is 0.171 e. The molecule has 0 radical (unpaired) electrons. The van der Waals surface area contributed by atoms with Crippen LogP contribution >= 0.6 is 23.8 Å². The molecule has 2 aromatic rings. The highest BCUT2D eigenvalue weighted by molar-refractivity contribution is 7.80. The summed E-state index contributed by atoms with van der Waals surface area (Å²) in [5.74, 6) is -0.445. The van der Waals surface area contributed by atoms with E-state index in [9.17, 15) is 4.39 Å². The number of benzene rings is 2. The van der Waals surface area contributed by atoms with Gasteiger partial charge in [0.25, 0.3) is 0 Å². The number of piperidine rings is 1. The number of rotatable bonds is 4. The Hall–Kier alpha value is -1.85. The highest BCUT2D eigenvalue weighted by Gasteiger charge is 2.10. The van der Waals surface area contributed by atoms with Gasteiger partial charge in [0.05, 0.1) is 5.02 Å². The van der Waals surface area contributed by atoms with E-state index in [2.05, 4.69) is 39.8 Å². The molecule has 6 heteroatoms. The standard InChI is InChI=1S/C19H21ClFN3S/c20-17-12-15(6-9-18(17)21)23-19(25)22-13-14-4-7-16(8-5-14)24-10-2-1-3-11-24/h4-9,12H,1-3,10-11,13H2,(H2,22,23,25). The van der Waals surface area contributed by atoms with Crippen LogP contribution < -0.4 is 15.5 Å². The minimum Gasteiger partial charge on any atom is -0.372 e. The first-order valence-electron chi connectivity index (χ1n) is 8.45. The monoisotopic (exact) mass is 377 g/mol. The van der Waals surface area contributed by atoms with Crippen molar-refractivity contribution < 1.29 is 4.39 Å². The molecule has 0 aromatic heterocycles. The summed E-state index contributed by atoms with van der Waals surface area (Å²) in [6, 6.07) is 13.0. The number of thiocarbonyl (C=S) groups is 1. The Labute approximate surface area is 158 Å². The van der Waals surface area contributed by atoms with E-state index < -0.39 is 5.82 Å². The Morgan fingerprint density at radius 2 is 1.80 bits per heavy atom. The largest absolute Gasteiger partial charge is 0.372 e. The second-order valence-electron chi connectivity index (χ2n) is 6.15. The molecule has 0 unspecified atom stereocenters. The van der Waals surface area contributed by atoms with Crippen molar-refractivity contribution in [1.82, 2.24) is 5.32 Å². The average molecular weight is 378 g/mol. The van der Waals surface area contributed by atoms with Crippen molar-refractivity contribution in [2.45, 2.75) is 25.8 Å². The minimum absolute atomic E-state index is 0.0705. The van der Waals surface area contributed by atoms with Crippen molar-refractivity contribution in [1.29, 1.82) is 0 Å². The first kappa shape index (κ1) is 18.0. The summed E-state index contributed by atoms with van der Waals surface area (Å²) in [5, 5.41) is 6.70. The van der Waals surface area contributed by atoms with Gasteiger partial charge in [-0.25, -0.2) is 4.39 Å². The van der Waals surface area contributed by atoms with Crippen molar-refractivity contribution in [2.24, 2.45) is 0 Å². The third-order valence-corrected chi connectivity index (χ3v) is 4.82. The molecule has 2 N–H and O–H groups in total. The van der Waals surface area contributed by atoms with E-state index in [0.717, 1.165) is 18.7 Å². The quantitative estimate of drug-likeness (QED) is 0.737. The van der Waals surface area contributed by atoms with Gasteiger partial charge in [-0.3, -0.25) is 0 Å². The lowest BCUT2D eigenvalue weighted by molar-refractivity contribution is 0.578. The molecular formula is C19H21ClFN3S. The van der Waals surface area contributed by atoms with Gasteiger partial charge in [0.15, 0.2) is 5.11 Å². The van der Waals surface area contributed by atoms with E-state index in [4.69, 9.17) is 23.8 Å². The maximum Gasteiger partial charge on any atom is 0.171 e. The SMILES string of the molecule is Fc1ccc(NC(=S)NCc2ccc(N3CCCCC3)cc2)cc1Cl. The molecule has 25 heavy (non-hydrogen) atoms. The fraction of sp³-hybridized carbons (Fsp3) is 0.316. The predicted octanol–water partition coefficient (Wildman–Crippen LogP) is 4.96. The molecule has 0 amide bonds. The van der Waals surface area contributed by atoms with Crippen LogP contribution in [0.3, 0.4) is 0 Å². The lowest BCUT2D eigenvalue weighted by atomic mass is 10.1. The van der Waals surface area contributed by atoms with E-state index in [1.165, 1.54) is 37.1 Å². The van der Waals surface area contributed by atoms with Crippen molar-refractivity contribution in [3.05, 3.63) is 58.9 Å². The van der Waals surface area contributed by atoms with Crippen LogP contribution in [-0.4, -0.2) is 18.2 Å². The third-order valence-electron chi connectivity index (χ3n) is 4.29. The molecule has 3 rings (SSSR count). The maximum absolute atomic E-state index is 13.2. The van der Waals surface area contributed by atoms with Crippen LogP contribution in [0.1, 0.15) is 24.8 Å². The second-order valence-corrected chi connectivity index (χ2v) is 6.97. The lowest BCUT2D eigenvalue weighted by Crippen LogP contribution is -2.29. The molecule has 1 heterocycles. The summed E-state index contributed by atoms with van der Waals surface area (Å²) in [7, 11) is 0. The molecule has 0 spiro atoms. The fourth-order valence-electron chi connectivity index (χ4n) is 2.91. The average Bonchev–Trinajstić information content (AvgIpc) is 2.64. The molecule has 3 nitrogen and oxygen atoms in total. The van der Waals surface area contributed by atoms with Gasteiger partial charge in [-0.05, 0) is 67.4 Å². The Kier molecular flexibility index (Phi) is 6.10. The molecule has 0 saturated carbocycles. The van der Waals surface area contributed by atoms with Crippen LogP contribution in [0.2, 0.25) is 5.02 Å². The zero-order valence-electron chi connectivity index (χ0n) is 13.9. The molecular weight excluding hydrogens is 357 g/mol. The highest BCUT2D eigenvalue weighted by Crippen LogP contribution is 2.21. The van der Waals surface area contributed by atoms with Crippen LogP contribution in [0, 0.1) is 5.82 Å². The first-order valence-corrected chi connectivity index (χ1v) is 9.24. The molecule has 0 aliphatic carbocycles. The minimum atomic E-state index is -0.445. The third kappa shape index (κ3) is 5.06. The van der Waals surface area contributed by atoms with Crippen LogP contribution in [-0.2, 0) is 6.54 Å². The van der Waals surface area contributed by atoms with Gasteiger partial charge < -0.3 is 15.5 Å². The molecule has 1 saturated heterocycles. The van der Waals surface area contributed by atoms with Crippen LogP contribution in [0.4, 0.5) is 15.8 Å². The summed E-state index contributed by atoms with van der Waals surface area (Å²) in [6.07, 6.45) is 3.88. The van der Waals surface area contributed by atoms with E-state index >= 15 is 0 Å². The summed E-state index contributed by atoms with van der Waals surface area (Å²) in [4.78, 5) is 2.44. The highest BCUT2D eigenvalue weighted by atomic mass is 35.5. The Bertz CT molecular complexity index is 730. The van der Waals surface area contributed by atoms with Gasteiger partial charge in [-0.15, -0.1) is 0 Å². The molecule has 0 bridgehead atoms. The first-order chi connectivity index (χ1) is 12.1. The number of nitrogens with one attached hydrogen (secondary N) is 2. The van der Waals surface area contributed by atoms with Gasteiger partial charge >= 0.3 is 0 Å². The van der Waals surface area contributed by atoms with Gasteiger partial charge in [-0.2, -0.15) is 0 Å². The molecule has 132 valence electrons. The summed E-state index contributed by atoms with van der Waals surface area (Å²) in [5.41, 5.74) is 3.09. The zero-order chi connectivity index (χ0) is 17.6. The number of hydrogen-bond donors (Lipinski definition) is 2.